The SMILES string of the molecule is C#CC(C(=O)N(C)C(C=O)(CC(C)C)NC(C=O)C(C)C)N(C)C(=O)C(CCC)NC(=O)CC(OC(C)C(C(=O)NC)N(C)C(=O)CCC(C)CCNC(C=O)(CC(C)C)N(C)C(=O)C(C)=NC(C)(C=O)NC(=O)C(CCC(C)C)NC)C(C)CCN(C)Cc1ncccc1C(F)(F)F. The van der Waals surface area contributed by atoms with Gasteiger partial charge >= 0.3 is 6.18 Å². The first-order valence-electron chi connectivity index (χ1n) is 34.4. The topological polar surface area (TPSA) is 311 Å². The number of hydrogen-bond acceptors (Lipinski definition) is 18. The van der Waals surface area contributed by atoms with Crippen molar-refractivity contribution in [3.8, 4) is 12.3 Å². The van der Waals surface area contributed by atoms with E-state index in [1.807, 2.05) is 48.5 Å². The number of aromatic nitrogens is 1. The summed E-state index contributed by atoms with van der Waals surface area (Å²) in [6.45, 7) is 25.0. The molecule has 25 nitrogen and oxygen atoms in total. The predicted octanol–water partition coefficient (Wildman–Crippen LogP) is 5.57. The number of halogens is 3. The molecular formula is C71H118F3N13O12. The van der Waals surface area contributed by atoms with Crippen LogP contribution in [-0.4, -0.2) is 224 Å². The lowest BCUT2D eigenvalue weighted by Gasteiger charge is -2.43. The van der Waals surface area contributed by atoms with Gasteiger partial charge in [0.25, 0.3) is 11.8 Å². The molecule has 0 fully saturated rings. The van der Waals surface area contributed by atoms with E-state index in [-0.39, 0.29) is 86.8 Å². The minimum absolute atomic E-state index is 0.0499. The highest BCUT2D eigenvalue weighted by atomic mass is 19.4. The smallest absolute Gasteiger partial charge is 0.372 e. The summed E-state index contributed by atoms with van der Waals surface area (Å²) in [5, 5.41) is 17.3. The van der Waals surface area contributed by atoms with Gasteiger partial charge in [0.1, 0.15) is 18.4 Å². The van der Waals surface area contributed by atoms with Crippen molar-refractivity contribution in [2.75, 3.05) is 62.4 Å². The zero-order chi connectivity index (χ0) is 76.1. The van der Waals surface area contributed by atoms with Crippen LogP contribution in [0.5, 0.6) is 0 Å². The minimum Gasteiger partial charge on any atom is -0.372 e. The lowest BCUT2D eigenvalue weighted by atomic mass is 9.93. The standard InChI is InChI=1S/C71H118F3N13O12/c1-23-26-55(66(97)84(19)58(24-2)67(98)87(22)70(44-91,39-47(7)8)81-57(41-88)48(9)10)79-60(92)37-59(50(12)33-36-83(18)40-56-53(71(72,73)74)27-25-34-77-56)99-52(14)62(64(95)76-17)85(20)61(93)31-29-49(11)32-35-78-69(43-90,38-46(5)6)86(21)65(96)51(13)80-68(15,42-89)82-63(94)54(75-16)30-28-45(3)4/h2,25,27,34,41-50,52,54-55,57-59,62,75,78,81H,23,26,28-33,35-40H2,1,3-22H3,(H,76,95)(H,79,92)(H,82,94). The second-order valence-corrected chi connectivity index (χ2v) is 28.3. The molecule has 0 aliphatic rings. The van der Waals surface area contributed by atoms with Crippen molar-refractivity contribution in [1.82, 2.24) is 61.4 Å². The Labute approximate surface area is 586 Å². The maximum Gasteiger partial charge on any atom is 0.418 e. The van der Waals surface area contributed by atoms with E-state index < -0.39 is 125 Å². The minimum atomic E-state index is -4.66. The third-order valence-corrected chi connectivity index (χ3v) is 18.0. The molecule has 560 valence electrons. The van der Waals surface area contributed by atoms with Gasteiger partial charge in [0.2, 0.25) is 29.5 Å². The molecule has 0 saturated carbocycles. The van der Waals surface area contributed by atoms with Crippen LogP contribution in [0.3, 0.4) is 0 Å². The van der Waals surface area contributed by atoms with Crippen LogP contribution in [0.4, 0.5) is 13.2 Å². The number of carbonyl (C=O) groups is 11. The van der Waals surface area contributed by atoms with Gasteiger partial charge in [-0.05, 0) is 147 Å². The Hall–Kier alpha value is -7.06. The molecule has 6 N–H and O–H groups in total. The molecule has 0 aliphatic heterocycles. The summed E-state index contributed by atoms with van der Waals surface area (Å²) in [5.74, 6) is -3.03. The van der Waals surface area contributed by atoms with Crippen LogP contribution in [0.25, 0.3) is 0 Å². The number of nitrogens with one attached hydrogen (secondary N) is 6. The number of aldehydes is 4. The summed E-state index contributed by atoms with van der Waals surface area (Å²) in [7, 11) is 10.2. The van der Waals surface area contributed by atoms with Gasteiger partial charge in [0.15, 0.2) is 41.9 Å². The Bertz CT molecular complexity index is 2890. The fraction of sp³-hybridized carbons (Fsp3) is 0.732. The van der Waals surface area contributed by atoms with Crippen LogP contribution < -0.4 is 31.9 Å². The Kier molecular flexibility index (Phi) is 38.4. The third-order valence-electron chi connectivity index (χ3n) is 18.0. The molecule has 1 aromatic rings. The molecule has 0 aromatic carbocycles. The lowest BCUT2D eigenvalue weighted by molar-refractivity contribution is -0.151. The first kappa shape index (κ1) is 90.0. The summed E-state index contributed by atoms with van der Waals surface area (Å²) < 4.78 is 48.8. The number of alkyl halides is 3. The van der Waals surface area contributed by atoms with E-state index in [0.717, 1.165) is 22.3 Å². The first-order chi connectivity index (χ1) is 46.1. The van der Waals surface area contributed by atoms with Gasteiger partial charge in [-0.1, -0.05) is 88.5 Å². The van der Waals surface area contributed by atoms with Gasteiger partial charge in [-0.3, -0.25) is 63.6 Å². The van der Waals surface area contributed by atoms with E-state index in [0.29, 0.717) is 56.7 Å². The van der Waals surface area contributed by atoms with Crippen LogP contribution in [-0.2, 0) is 70.2 Å². The molecule has 12 unspecified atom stereocenters. The number of aliphatic imine (C=N–C) groups is 1. The molecule has 0 bridgehead atoms. The number of nitrogens with zero attached hydrogens (tertiary/aromatic N) is 7. The molecule has 28 heteroatoms. The number of rotatable bonds is 47. The maximum atomic E-state index is 14.5. The van der Waals surface area contributed by atoms with Crippen LogP contribution >= 0.6 is 0 Å². The molecular weight excluding hydrogens is 1280 g/mol. The van der Waals surface area contributed by atoms with Crippen molar-refractivity contribution in [3.05, 3.63) is 29.6 Å². The molecule has 7 amide bonds. The monoisotopic (exact) mass is 1400 g/mol. The molecule has 0 spiro atoms. The summed E-state index contributed by atoms with van der Waals surface area (Å²) >= 11 is 0. The van der Waals surface area contributed by atoms with Gasteiger partial charge < -0.3 is 55.3 Å². The summed E-state index contributed by atoms with van der Waals surface area (Å²) in [6.07, 6.45) is 5.10. The predicted molar refractivity (Wildman–Crippen MR) is 375 cm³/mol. The van der Waals surface area contributed by atoms with E-state index in [1.165, 1.54) is 71.1 Å². The number of carbonyl (C=O) groups excluding carboxylic acids is 11. The Morgan fingerprint density at radius 2 is 1.35 bits per heavy atom. The van der Waals surface area contributed by atoms with Crippen LogP contribution in [0.1, 0.15) is 179 Å². The first-order valence-corrected chi connectivity index (χ1v) is 34.4. The lowest BCUT2D eigenvalue weighted by Crippen LogP contribution is -2.67. The van der Waals surface area contributed by atoms with Gasteiger partial charge in [-0.25, -0.2) is 4.99 Å². The number of likely N-dealkylation sites (N-methyl/N-ethyl adjacent to an activating group) is 6. The molecule has 1 aromatic heterocycles. The van der Waals surface area contributed by atoms with Crippen molar-refractivity contribution in [2.45, 2.75) is 240 Å². The van der Waals surface area contributed by atoms with E-state index in [2.05, 4.69) is 47.8 Å². The van der Waals surface area contributed by atoms with Crippen molar-refractivity contribution in [3.63, 3.8) is 0 Å². The van der Waals surface area contributed by atoms with Crippen molar-refractivity contribution >= 4 is 72.2 Å². The van der Waals surface area contributed by atoms with Crippen LogP contribution in [0.15, 0.2) is 23.3 Å². The number of pyridine rings is 1. The fourth-order valence-corrected chi connectivity index (χ4v) is 11.8. The molecule has 0 radical (unpaired) electrons. The van der Waals surface area contributed by atoms with Crippen molar-refractivity contribution < 1.29 is 70.6 Å². The molecule has 99 heavy (non-hydrogen) atoms. The average molecular weight is 1400 g/mol. The summed E-state index contributed by atoms with van der Waals surface area (Å²) in [4.78, 5) is 164. The summed E-state index contributed by atoms with van der Waals surface area (Å²) in [6, 6.07) is -3.43. The van der Waals surface area contributed by atoms with Gasteiger partial charge in [0.05, 0.1) is 47.7 Å². The quantitative estimate of drug-likeness (QED) is 0.0201. The zero-order valence-electron chi connectivity index (χ0n) is 62.7. The third kappa shape index (κ3) is 27.8. The van der Waals surface area contributed by atoms with E-state index >= 15 is 0 Å². The Balaban J connectivity index is 3.62. The number of terminal acetylenes is 1. The van der Waals surface area contributed by atoms with Crippen LogP contribution in [0, 0.1) is 47.9 Å². The van der Waals surface area contributed by atoms with E-state index in [4.69, 9.17) is 11.2 Å². The largest absolute Gasteiger partial charge is 0.418 e. The normalized spacial score (nSPS) is 16.6. The average Bonchev–Trinajstić information content (AvgIpc) is 0.803. The van der Waals surface area contributed by atoms with Crippen molar-refractivity contribution in [2.24, 2.45) is 40.5 Å². The highest BCUT2D eigenvalue weighted by molar-refractivity contribution is 6.38. The second kappa shape index (κ2) is 42.3. The molecule has 12 atom stereocenters. The van der Waals surface area contributed by atoms with Gasteiger partial charge in [0, 0.05) is 54.4 Å². The van der Waals surface area contributed by atoms with E-state index in [1.54, 1.807) is 53.6 Å². The Morgan fingerprint density at radius 1 is 0.747 bits per heavy atom. The second-order valence-electron chi connectivity index (χ2n) is 28.3. The number of ether oxygens (including phenoxy) is 1. The Morgan fingerprint density at radius 3 is 1.86 bits per heavy atom. The number of hydrogen-bond donors (Lipinski definition) is 6. The van der Waals surface area contributed by atoms with Gasteiger partial charge in [-0.15, -0.1) is 6.42 Å². The summed E-state index contributed by atoms with van der Waals surface area (Å²) in [5.41, 5.74) is -6.28. The molecule has 0 aliphatic carbocycles. The van der Waals surface area contributed by atoms with E-state index in [9.17, 15) is 65.9 Å². The van der Waals surface area contributed by atoms with Crippen LogP contribution in [0.2, 0.25) is 0 Å². The highest BCUT2D eigenvalue weighted by Gasteiger charge is 2.45. The molecule has 1 heterocycles. The number of amides is 7. The zero-order valence-corrected chi connectivity index (χ0v) is 62.7. The van der Waals surface area contributed by atoms with Crippen molar-refractivity contribution in [1.29, 1.82) is 0 Å². The maximum absolute atomic E-state index is 14.5. The highest BCUT2D eigenvalue weighted by Crippen LogP contribution is 2.32. The fourth-order valence-electron chi connectivity index (χ4n) is 11.8. The molecule has 1 rings (SSSR count). The van der Waals surface area contributed by atoms with Gasteiger partial charge in [-0.2, -0.15) is 13.2 Å². The molecule has 0 saturated heterocycles.